The van der Waals surface area contributed by atoms with Crippen molar-refractivity contribution in [2.24, 2.45) is 4.99 Å². The van der Waals surface area contributed by atoms with Crippen molar-refractivity contribution < 1.29 is 14.3 Å². The maximum atomic E-state index is 11.9. The van der Waals surface area contributed by atoms with E-state index in [1.165, 1.54) is 25.7 Å². The van der Waals surface area contributed by atoms with Crippen molar-refractivity contribution in [3.63, 3.8) is 0 Å². The summed E-state index contributed by atoms with van der Waals surface area (Å²) in [4.78, 5) is 18.0. The SMILES string of the molecule is CN(C)C(=O)CN=C(NCC1CCCO1)NC1CCOC2(CCCC2)C1. The van der Waals surface area contributed by atoms with E-state index in [1.807, 2.05) is 0 Å². The van der Waals surface area contributed by atoms with E-state index in [-0.39, 0.29) is 24.2 Å². The lowest BCUT2D eigenvalue weighted by Crippen LogP contribution is -2.51. The average Bonchev–Trinajstić information content (AvgIpc) is 3.29. The zero-order chi connectivity index (χ0) is 18.4. The van der Waals surface area contributed by atoms with Crippen LogP contribution in [0.25, 0.3) is 0 Å². The molecule has 1 spiro atoms. The highest BCUT2D eigenvalue weighted by Gasteiger charge is 2.40. The molecule has 7 heteroatoms. The van der Waals surface area contributed by atoms with Gasteiger partial charge in [0.05, 0.1) is 11.7 Å². The second-order valence-corrected chi connectivity index (χ2v) is 8.04. The van der Waals surface area contributed by atoms with Crippen molar-refractivity contribution >= 4 is 11.9 Å². The predicted octanol–water partition coefficient (Wildman–Crippen LogP) is 1.28. The third kappa shape index (κ3) is 5.33. The van der Waals surface area contributed by atoms with Crippen LogP contribution >= 0.6 is 0 Å². The average molecular weight is 367 g/mol. The Kier molecular flexibility index (Phi) is 6.75. The van der Waals surface area contributed by atoms with Gasteiger partial charge < -0.3 is 25.0 Å². The molecule has 3 aliphatic rings. The van der Waals surface area contributed by atoms with Crippen LogP contribution in [-0.4, -0.2) is 74.9 Å². The number of aliphatic imine (C=N–C) groups is 1. The first-order chi connectivity index (χ1) is 12.6. The molecule has 2 N–H and O–H groups in total. The van der Waals surface area contributed by atoms with Crippen LogP contribution in [0.1, 0.15) is 51.4 Å². The van der Waals surface area contributed by atoms with Gasteiger partial charge in [-0.15, -0.1) is 0 Å². The Morgan fingerprint density at radius 1 is 1.19 bits per heavy atom. The van der Waals surface area contributed by atoms with Crippen molar-refractivity contribution in [2.45, 2.75) is 69.1 Å². The predicted molar refractivity (Wildman–Crippen MR) is 101 cm³/mol. The van der Waals surface area contributed by atoms with Crippen LogP contribution in [0.3, 0.4) is 0 Å². The molecule has 2 atom stereocenters. The lowest BCUT2D eigenvalue weighted by atomic mass is 9.89. The maximum Gasteiger partial charge on any atom is 0.243 e. The van der Waals surface area contributed by atoms with Crippen molar-refractivity contribution in [2.75, 3.05) is 40.4 Å². The van der Waals surface area contributed by atoms with E-state index in [2.05, 4.69) is 15.6 Å². The number of amides is 1. The molecule has 3 fully saturated rings. The van der Waals surface area contributed by atoms with Gasteiger partial charge in [0.1, 0.15) is 6.54 Å². The molecule has 1 amide bonds. The molecule has 148 valence electrons. The number of carbonyl (C=O) groups excluding carboxylic acids is 1. The number of nitrogens with one attached hydrogen (secondary N) is 2. The molecule has 0 radical (unpaired) electrons. The fourth-order valence-corrected chi connectivity index (χ4v) is 4.17. The van der Waals surface area contributed by atoms with Gasteiger partial charge in [-0.05, 0) is 38.5 Å². The van der Waals surface area contributed by atoms with E-state index in [0.717, 1.165) is 51.4 Å². The molecule has 0 aromatic rings. The van der Waals surface area contributed by atoms with Gasteiger partial charge in [0, 0.05) is 39.9 Å². The first kappa shape index (κ1) is 19.4. The van der Waals surface area contributed by atoms with Crippen molar-refractivity contribution in [1.29, 1.82) is 0 Å². The Balaban J connectivity index is 1.57. The van der Waals surface area contributed by atoms with E-state index >= 15 is 0 Å². The summed E-state index contributed by atoms with van der Waals surface area (Å²) in [5, 5.41) is 6.94. The van der Waals surface area contributed by atoms with E-state index in [9.17, 15) is 4.79 Å². The molecule has 0 aromatic heterocycles. The molecule has 2 aliphatic heterocycles. The van der Waals surface area contributed by atoms with Gasteiger partial charge >= 0.3 is 0 Å². The van der Waals surface area contributed by atoms with Crippen LogP contribution < -0.4 is 10.6 Å². The number of guanidine groups is 1. The number of hydrogen-bond acceptors (Lipinski definition) is 4. The molecule has 7 nitrogen and oxygen atoms in total. The van der Waals surface area contributed by atoms with Crippen LogP contribution in [0, 0.1) is 0 Å². The fourth-order valence-electron chi connectivity index (χ4n) is 4.17. The first-order valence-corrected chi connectivity index (χ1v) is 10.1. The van der Waals surface area contributed by atoms with Crippen LogP contribution in [0.4, 0.5) is 0 Å². The zero-order valence-electron chi connectivity index (χ0n) is 16.3. The third-order valence-corrected chi connectivity index (χ3v) is 5.74. The molecule has 0 bridgehead atoms. The van der Waals surface area contributed by atoms with Crippen molar-refractivity contribution in [3.05, 3.63) is 0 Å². The summed E-state index contributed by atoms with van der Waals surface area (Å²) in [6.07, 6.45) is 9.30. The molecule has 3 rings (SSSR count). The van der Waals surface area contributed by atoms with E-state index in [0.29, 0.717) is 6.04 Å². The van der Waals surface area contributed by atoms with Gasteiger partial charge in [-0.25, -0.2) is 4.99 Å². The summed E-state index contributed by atoms with van der Waals surface area (Å²) in [5.74, 6) is 0.721. The van der Waals surface area contributed by atoms with Gasteiger partial charge in [-0.2, -0.15) is 0 Å². The highest BCUT2D eigenvalue weighted by Crippen LogP contribution is 2.39. The number of carbonyl (C=O) groups is 1. The minimum atomic E-state index is 0.00228. The number of likely N-dealkylation sites (N-methyl/N-ethyl adjacent to an activating group) is 1. The highest BCUT2D eigenvalue weighted by atomic mass is 16.5. The molecule has 2 saturated heterocycles. The Morgan fingerprint density at radius 3 is 2.69 bits per heavy atom. The van der Waals surface area contributed by atoms with Gasteiger partial charge in [-0.3, -0.25) is 4.79 Å². The number of hydrogen-bond donors (Lipinski definition) is 2. The molecule has 1 aliphatic carbocycles. The molecular formula is C19H34N4O3. The zero-order valence-corrected chi connectivity index (χ0v) is 16.3. The van der Waals surface area contributed by atoms with E-state index in [1.54, 1.807) is 19.0 Å². The molecular weight excluding hydrogens is 332 g/mol. The third-order valence-electron chi connectivity index (χ3n) is 5.74. The van der Waals surface area contributed by atoms with E-state index < -0.39 is 0 Å². The standard InChI is InChI=1S/C19H34N4O3/c1-23(2)17(24)14-21-18(20-13-16-6-5-10-25-16)22-15-7-11-26-19(12-15)8-3-4-9-19/h15-16H,3-14H2,1-2H3,(H2,20,21,22). The Hall–Kier alpha value is -1.34. The Labute approximate surface area is 156 Å². The number of nitrogens with zero attached hydrogens (tertiary/aromatic N) is 2. The molecule has 26 heavy (non-hydrogen) atoms. The summed E-state index contributed by atoms with van der Waals surface area (Å²) < 4.78 is 11.8. The van der Waals surface area contributed by atoms with Crippen molar-refractivity contribution in [3.8, 4) is 0 Å². The molecule has 2 unspecified atom stereocenters. The van der Waals surface area contributed by atoms with Gasteiger partial charge in [0.2, 0.25) is 5.91 Å². The highest BCUT2D eigenvalue weighted by molar-refractivity contribution is 5.85. The summed E-state index contributed by atoms with van der Waals surface area (Å²) in [7, 11) is 3.51. The van der Waals surface area contributed by atoms with Crippen LogP contribution in [0.15, 0.2) is 4.99 Å². The van der Waals surface area contributed by atoms with Gasteiger partial charge in [0.25, 0.3) is 0 Å². The van der Waals surface area contributed by atoms with Crippen LogP contribution in [0.5, 0.6) is 0 Å². The van der Waals surface area contributed by atoms with Crippen LogP contribution in [0.2, 0.25) is 0 Å². The minimum absolute atomic E-state index is 0.00228. The van der Waals surface area contributed by atoms with E-state index in [4.69, 9.17) is 9.47 Å². The summed E-state index contributed by atoms with van der Waals surface area (Å²) in [6.45, 7) is 2.53. The summed E-state index contributed by atoms with van der Waals surface area (Å²) in [5.41, 5.74) is 0.0645. The van der Waals surface area contributed by atoms with Gasteiger partial charge in [0.15, 0.2) is 5.96 Å². The summed E-state index contributed by atoms with van der Waals surface area (Å²) in [6, 6.07) is 0.340. The molecule has 2 heterocycles. The minimum Gasteiger partial charge on any atom is -0.376 e. The Bertz CT molecular complexity index is 497. The second-order valence-electron chi connectivity index (χ2n) is 8.04. The molecule has 1 saturated carbocycles. The van der Waals surface area contributed by atoms with Crippen molar-refractivity contribution in [1.82, 2.24) is 15.5 Å². The topological polar surface area (TPSA) is 75.2 Å². The lowest BCUT2D eigenvalue weighted by Gasteiger charge is -2.39. The normalized spacial score (nSPS) is 28.3. The maximum absolute atomic E-state index is 11.9. The van der Waals surface area contributed by atoms with Gasteiger partial charge in [-0.1, -0.05) is 12.8 Å². The van der Waals surface area contributed by atoms with Crippen LogP contribution in [-0.2, 0) is 14.3 Å². The smallest absolute Gasteiger partial charge is 0.243 e. The largest absolute Gasteiger partial charge is 0.376 e. The summed E-state index contributed by atoms with van der Waals surface area (Å²) >= 11 is 0. The number of rotatable bonds is 5. The second kappa shape index (κ2) is 9.04. The molecule has 0 aromatic carbocycles. The monoisotopic (exact) mass is 366 g/mol. The number of ether oxygens (including phenoxy) is 2. The first-order valence-electron chi connectivity index (χ1n) is 10.1. The fraction of sp³-hybridized carbons (Fsp3) is 0.895. The lowest BCUT2D eigenvalue weighted by molar-refractivity contribution is -0.127. The quantitative estimate of drug-likeness (QED) is 0.566. The Morgan fingerprint density at radius 2 is 2.00 bits per heavy atom.